The van der Waals surface area contributed by atoms with Crippen LogP contribution in [0.5, 0.6) is 5.75 Å². The van der Waals surface area contributed by atoms with Gasteiger partial charge in [-0.2, -0.15) is 13.2 Å². The summed E-state index contributed by atoms with van der Waals surface area (Å²) < 4.78 is 65.0. The Morgan fingerprint density at radius 3 is 2.43 bits per heavy atom. The number of benzene rings is 1. The summed E-state index contributed by atoms with van der Waals surface area (Å²) in [5.74, 6) is 0.721. The average molecular weight is 323 g/mol. The Bertz CT molecular complexity index is 563. The molecule has 1 aromatic carbocycles. The number of rotatable bonds is 4. The zero-order valence-electron chi connectivity index (χ0n) is 11.2. The minimum absolute atomic E-state index is 0.359. The molecule has 2 rings (SSSR count). The first kappa shape index (κ1) is 16.1. The third-order valence-electron chi connectivity index (χ3n) is 3.32. The van der Waals surface area contributed by atoms with E-state index in [0.29, 0.717) is 18.3 Å². The summed E-state index contributed by atoms with van der Waals surface area (Å²) in [7, 11) is -5.29. The lowest BCUT2D eigenvalue weighted by atomic mass is 10.0. The number of nitrogens with one attached hydrogen (secondary N) is 1. The highest BCUT2D eigenvalue weighted by Crippen LogP contribution is 2.31. The molecular formula is C13H16F3NO3S. The lowest BCUT2D eigenvalue weighted by molar-refractivity contribution is -0.0436. The predicted octanol–water partition coefficient (Wildman–Crippen LogP) is 2.36. The van der Waals surface area contributed by atoms with Gasteiger partial charge >= 0.3 is 5.51 Å². The van der Waals surface area contributed by atoms with Crippen LogP contribution >= 0.6 is 0 Å². The molecule has 1 aliphatic rings. The number of halogens is 3. The molecular weight excluding hydrogens is 307 g/mol. The van der Waals surface area contributed by atoms with Crippen LogP contribution in [0.2, 0.25) is 0 Å². The maximum atomic E-state index is 12.4. The van der Waals surface area contributed by atoms with E-state index in [4.69, 9.17) is 4.74 Å². The van der Waals surface area contributed by atoms with Crippen molar-refractivity contribution in [2.24, 2.45) is 5.92 Å². The van der Waals surface area contributed by atoms with E-state index in [0.717, 1.165) is 38.1 Å². The van der Waals surface area contributed by atoms with Gasteiger partial charge in [0.05, 0.1) is 11.5 Å². The number of ether oxygens (including phenoxy) is 1. The molecule has 1 aliphatic heterocycles. The predicted molar refractivity (Wildman–Crippen MR) is 70.8 cm³/mol. The van der Waals surface area contributed by atoms with Crippen molar-refractivity contribution in [3.63, 3.8) is 0 Å². The van der Waals surface area contributed by atoms with Crippen molar-refractivity contribution in [2.75, 3.05) is 19.7 Å². The van der Waals surface area contributed by atoms with E-state index in [-0.39, 0.29) is 0 Å². The molecule has 1 saturated heterocycles. The molecule has 118 valence electrons. The van der Waals surface area contributed by atoms with Crippen LogP contribution in [0.3, 0.4) is 0 Å². The molecule has 1 heterocycles. The first-order valence-corrected chi connectivity index (χ1v) is 8.04. The minimum atomic E-state index is -5.29. The van der Waals surface area contributed by atoms with E-state index in [2.05, 4.69) is 5.32 Å². The molecule has 0 spiro atoms. The number of alkyl halides is 3. The van der Waals surface area contributed by atoms with Crippen molar-refractivity contribution in [2.45, 2.75) is 23.2 Å². The summed E-state index contributed by atoms with van der Waals surface area (Å²) in [4.78, 5) is -0.776. The number of hydrogen-bond acceptors (Lipinski definition) is 4. The third-order valence-corrected chi connectivity index (χ3v) is 4.83. The molecule has 0 aliphatic carbocycles. The fraction of sp³-hybridized carbons (Fsp3) is 0.538. The second-order valence-corrected chi connectivity index (χ2v) is 6.89. The van der Waals surface area contributed by atoms with E-state index in [1.54, 1.807) is 0 Å². The van der Waals surface area contributed by atoms with Gasteiger partial charge in [0.1, 0.15) is 5.75 Å². The van der Waals surface area contributed by atoms with Gasteiger partial charge in [0.15, 0.2) is 0 Å². The van der Waals surface area contributed by atoms with E-state index < -0.39 is 20.2 Å². The standard InChI is InChI=1S/C13H16F3NO3S/c14-13(15,16)21(18,19)12-5-3-11(4-6-12)20-9-10-2-1-7-17-8-10/h3-6,10,17H,1-2,7-9H2. The summed E-state index contributed by atoms with van der Waals surface area (Å²) in [6.45, 7) is 2.29. The van der Waals surface area contributed by atoms with Gasteiger partial charge in [-0.3, -0.25) is 0 Å². The van der Waals surface area contributed by atoms with Crippen LogP contribution in [0.4, 0.5) is 13.2 Å². The Labute approximate surface area is 121 Å². The maximum absolute atomic E-state index is 12.4. The van der Waals surface area contributed by atoms with Crippen molar-refractivity contribution in [1.29, 1.82) is 0 Å². The summed E-state index contributed by atoms with van der Waals surface area (Å²) in [6.07, 6.45) is 2.10. The number of piperidine rings is 1. The van der Waals surface area contributed by atoms with Gasteiger partial charge in [0.2, 0.25) is 0 Å². The Kier molecular flexibility index (Phi) is 4.77. The molecule has 1 fully saturated rings. The summed E-state index contributed by atoms with van der Waals surface area (Å²) in [6, 6.07) is 4.32. The SMILES string of the molecule is O=S(=O)(c1ccc(OCC2CCCNC2)cc1)C(F)(F)F. The Morgan fingerprint density at radius 1 is 1.24 bits per heavy atom. The summed E-state index contributed by atoms with van der Waals surface area (Å²) in [5.41, 5.74) is -5.29. The molecule has 1 N–H and O–H groups in total. The van der Waals surface area contributed by atoms with Gasteiger partial charge in [-0.15, -0.1) is 0 Å². The Hall–Kier alpha value is -1.28. The normalized spacial score (nSPS) is 20.2. The van der Waals surface area contributed by atoms with Crippen LogP contribution in [0.15, 0.2) is 29.2 Å². The first-order valence-electron chi connectivity index (χ1n) is 6.55. The van der Waals surface area contributed by atoms with Crippen molar-refractivity contribution in [3.8, 4) is 5.75 Å². The molecule has 0 aromatic heterocycles. The van der Waals surface area contributed by atoms with Gasteiger partial charge in [-0.1, -0.05) is 0 Å². The third kappa shape index (κ3) is 3.88. The lowest BCUT2D eigenvalue weighted by Gasteiger charge is -2.22. The molecule has 0 amide bonds. The van der Waals surface area contributed by atoms with Gasteiger partial charge in [-0.25, -0.2) is 8.42 Å². The van der Waals surface area contributed by atoms with E-state index in [1.807, 2.05) is 0 Å². The highest BCUT2D eigenvalue weighted by molar-refractivity contribution is 7.92. The van der Waals surface area contributed by atoms with Crippen molar-refractivity contribution in [3.05, 3.63) is 24.3 Å². The molecule has 0 saturated carbocycles. The molecule has 0 radical (unpaired) electrons. The average Bonchev–Trinajstić information content (AvgIpc) is 2.45. The van der Waals surface area contributed by atoms with E-state index in [1.165, 1.54) is 12.1 Å². The number of sulfone groups is 1. The zero-order chi connectivity index (χ0) is 15.5. The molecule has 1 aromatic rings. The van der Waals surface area contributed by atoms with Gasteiger partial charge in [-0.05, 0) is 43.7 Å². The smallest absolute Gasteiger partial charge is 0.493 e. The molecule has 1 unspecified atom stereocenters. The molecule has 0 bridgehead atoms. The second-order valence-electron chi connectivity index (χ2n) is 4.94. The lowest BCUT2D eigenvalue weighted by Crippen LogP contribution is -2.33. The highest BCUT2D eigenvalue weighted by atomic mass is 32.2. The van der Waals surface area contributed by atoms with Gasteiger partial charge in [0.25, 0.3) is 9.84 Å². The van der Waals surface area contributed by atoms with Gasteiger partial charge < -0.3 is 10.1 Å². The molecule has 8 heteroatoms. The van der Waals surface area contributed by atoms with Crippen LogP contribution in [-0.2, 0) is 9.84 Å². The first-order chi connectivity index (χ1) is 9.80. The van der Waals surface area contributed by atoms with Crippen LogP contribution in [0, 0.1) is 5.92 Å². The largest absolute Gasteiger partial charge is 0.501 e. The Morgan fingerprint density at radius 2 is 1.90 bits per heavy atom. The van der Waals surface area contributed by atoms with Crippen LogP contribution in [-0.4, -0.2) is 33.6 Å². The zero-order valence-corrected chi connectivity index (χ0v) is 12.0. The van der Waals surface area contributed by atoms with Crippen LogP contribution < -0.4 is 10.1 Å². The second kappa shape index (κ2) is 6.23. The Balaban J connectivity index is 1.99. The van der Waals surface area contributed by atoms with Crippen LogP contribution in [0.1, 0.15) is 12.8 Å². The van der Waals surface area contributed by atoms with E-state index >= 15 is 0 Å². The molecule has 4 nitrogen and oxygen atoms in total. The van der Waals surface area contributed by atoms with Crippen molar-refractivity contribution >= 4 is 9.84 Å². The fourth-order valence-corrected chi connectivity index (χ4v) is 2.89. The van der Waals surface area contributed by atoms with Crippen molar-refractivity contribution in [1.82, 2.24) is 5.32 Å². The molecule has 21 heavy (non-hydrogen) atoms. The van der Waals surface area contributed by atoms with Crippen molar-refractivity contribution < 1.29 is 26.3 Å². The van der Waals surface area contributed by atoms with Gasteiger partial charge in [0, 0.05) is 12.5 Å². The summed E-state index contributed by atoms with van der Waals surface area (Å²) >= 11 is 0. The topological polar surface area (TPSA) is 55.4 Å². The number of hydrogen-bond donors (Lipinski definition) is 1. The quantitative estimate of drug-likeness (QED) is 0.924. The monoisotopic (exact) mass is 323 g/mol. The minimum Gasteiger partial charge on any atom is -0.493 e. The van der Waals surface area contributed by atoms with E-state index in [9.17, 15) is 21.6 Å². The fourth-order valence-electron chi connectivity index (χ4n) is 2.13. The molecule has 1 atom stereocenters. The summed E-state index contributed by atoms with van der Waals surface area (Å²) in [5, 5.41) is 3.23. The van der Waals surface area contributed by atoms with Crippen LogP contribution in [0.25, 0.3) is 0 Å². The highest BCUT2D eigenvalue weighted by Gasteiger charge is 2.46. The maximum Gasteiger partial charge on any atom is 0.501 e.